The van der Waals surface area contributed by atoms with Crippen molar-refractivity contribution in [2.45, 2.75) is 37.8 Å². The lowest BCUT2D eigenvalue weighted by atomic mass is 9.89. The Balaban J connectivity index is 1.13. The summed E-state index contributed by atoms with van der Waals surface area (Å²) in [6.45, 7) is 4.68. The lowest BCUT2D eigenvalue weighted by Gasteiger charge is -2.41. The molecule has 0 spiro atoms. The molecule has 42 heavy (non-hydrogen) atoms. The van der Waals surface area contributed by atoms with Gasteiger partial charge in [-0.25, -0.2) is 15.0 Å². The molecule has 0 atom stereocenters. The van der Waals surface area contributed by atoms with Gasteiger partial charge in [0.2, 0.25) is 5.95 Å². The van der Waals surface area contributed by atoms with E-state index >= 15 is 0 Å². The maximum atomic E-state index is 6.46. The zero-order chi connectivity index (χ0) is 29.0. The summed E-state index contributed by atoms with van der Waals surface area (Å²) in [5.74, 6) is 1.20. The number of likely N-dealkylation sites (N-methyl/N-ethyl adjacent to an activating group) is 1. The van der Waals surface area contributed by atoms with Gasteiger partial charge in [0.05, 0.1) is 15.9 Å². The third kappa shape index (κ3) is 4.98. The molecule has 7 rings (SSSR count). The summed E-state index contributed by atoms with van der Waals surface area (Å²) in [6.07, 6.45) is 8.52. The summed E-state index contributed by atoms with van der Waals surface area (Å²) in [6, 6.07) is 13.0. The van der Waals surface area contributed by atoms with E-state index in [1.54, 1.807) is 12.4 Å². The van der Waals surface area contributed by atoms with Crippen molar-refractivity contribution in [2.75, 3.05) is 44.3 Å². The Morgan fingerprint density at radius 3 is 2.36 bits per heavy atom. The van der Waals surface area contributed by atoms with Crippen LogP contribution in [0, 0.1) is 0 Å². The number of hydrogen-bond acceptors (Lipinski definition) is 7. The van der Waals surface area contributed by atoms with Crippen molar-refractivity contribution in [1.29, 1.82) is 0 Å². The minimum atomic E-state index is 0.401. The van der Waals surface area contributed by atoms with Crippen molar-refractivity contribution in [3.63, 3.8) is 0 Å². The molecule has 0 unspecified atom stereocenters. The minimum Gasteiger partial charge on any atom is -0.383 e. The predicted molar refractivity (Wildman–Crippen MR) is 172 cm³/mol. The van der Waals surface area contributed by atoms with E-state index in [0.717, 1.165) is 59.3 Å². The van der Waals surface area contributed by atoms with Gasteiger partial charge in [0.25, 0.3) is 0 Å². The number of nitrogen functional groups attached to an aromatic ring is 1. The van der Waals surface area contributed by atoms with Crippen molar-refractivity contribution in [3.05, 3.63) is 59.0 Å². The zero-order valence-corrected chi connectivity index (χ0v) is 25.4. The normalized spacial score (nSPS) is 20.5. The number of nitrogens with one attached hydrogen (secondary N) is 1. The first-order valence-electron chi connectivity index (χ1n) is 14.6. The SMILES string of the molecule is CN1CCN([C@H]2CC[C@@H](n3cc(-c4ccc(Nc5nc6c(Cl)cc(Cl)cc6n5C)cc4)c4c(N)ncnc43)CC2)CC1. The Morgan fingerprint density at radius 2 is 1.62 bits per heavy atom. The molecule has 1 aliphatic heterocycles. The molecule has 5 aromatic rings. The van der Waals surface area contributed by atoms with Crippen LogP contribution in [0.4, 0.5) is 17.5 Å². The van der Waals surface area contributed by atoms with E-state index in [0.29, 0.717) is 39.4 Å². The van der Waals surface area contributed by atoms with Crippen LogP contribution in [0.1, 0.15) is 31.7 Å². The molecule has 2 fully saturated rings. The molecule has 0 amide bonds. The zero-order valence-electron chi connectivity index (χ0n) is 23.9. The quantitative estimate of drug-likeness (QED) is 0.242. The third-order valence-corrected chi connectivity index (χ3v) is 9.62. The van der Waals surface area contributed by atoms with Crippen LogP contribution in [0.15, 0.2) is 48.9 Å². The molecule has 0 bridgehead atoms. The summed E-state index contributed by atoms with van der Waals surface area (Å²) in [7, 11) is 4.16. The Kier molecular flexibility index (Phi) is 7.22. The smallest absolute Gasteiger partial charge is 0.208 e. The summed E-state index contributed by atoms with van der Waals surface area (Å²) >= 11 is 12.6. The molecule has 2 aromatic carbocycles. The highest BCUT2D eigenvalue weighted by Gasteiger charge is 2.30. The van der Waals surface area contributed by atoms with Gasteiger partial charge in [0.15, 0.2) is 0 Å². The largest absolute Gasteiger partial charge is 0.383 e. The van der Waals surface area contributed by atoms with Crippen molar-refractivity contribution >= 4 is 62.7 Å². The van der Waals surface area contributed by atoms with Gasteiger partial charge >= 0.3 is 0 Å². The highest BCUT2D eigenvalue weighted by Crippen LogP contribution is 2.39. The monoisotopic (exact) mass is 603 g/mol. The van der Waals surface area contributed by atoms with Gasteiger partial charge in [-0.05, 0) is 62.6 Å². The standard InChI is InChI=1S/C31H35Cl2N9/c1-39-11-13-41(14-12-39)22-7-9-23(10-8-22)42-17-24(27-29(34)35-18-36-30(27)42)19-3-5-21(6-4-19)37-31-38-28-25(33)15-20(32)16-26(28)40(31)2/h3-6,15-18,22-23H,7-14H2,1-2H3,(H,37,38)(H2,34,35,36)/t22-,23+. The lowest BCUT2D eigenvalue weighted by Crippen LogP contribution is -2.49. The number of halogens is 2. The maximum absolute atomic E-state index is 6.46. The Bertz CT molecular complexity index is 1740. The summed E-state index contributed by atoms with van der Waals surface area (Å²) in [5.41, 5.74) is 12.0. The second-order valence-corrected chi connectivity index (χ2v) is 12.5. The number of nitrogens with two attached hydrogens (primary N) is 1. The van der Waals surface area contributed by atoms with Gasteiger partial charge in [-0.3, -0.25) is 4.90 Å². The topological polar surface area (TPSA) is 93.1 Å². The average Bonchev–Trinajstić information content (AvgIpc) is 3.53. The highest BCUT2D eigenvalue weighted by molar-refractivity contribution is 6.38. The van der Waals surface area contributed by atoms with Crippen LogP contribution < -0.4 is 11.1 Å². The van der Waals surface area contributed by atoms with Crippen molar-refractivity contribution < 1.29 is 0 Å². The van der Waals surface area contributed by atoms with Gasteiger partial charge in [0, 0.05) is 67.8 Å². The molecule has 9 nitrogen and oxygen atoms in total. The van der Waals surface area contributed by atoms with Crippen molar-refractivity contribution in [2.24, 2.45) is 7.05 Å². The second-order valence-electron chi connectivity index (χ2n) is 11.7. The molecule has 2 aliphatic rings. The number of fused-ring (bicyclic) bond motifs is 2. The van der Waals surface area contributed by atoms with E-state index in [2.05, 4.69) is 50.0 Å². The average molecular weight is 605 g/mol. The number of anilines is 3. The summed E-state index contributed by atoms with van der Waals surface area (Å²) in [5, 5.41) is 5.44. The Morgan fingerprint density at radius 1 is 0.905 bits per heavy atom. The minimum absolute atomic E-state index is 0.401. The Labute approximate surface area is 255 Å². The van der Waals surface area contributed by atoms with Crippen molar-refractivity contribution in [3.8, 4) is 11.1 Å². The summed E-state index contributed by atoms with van der Waals surface area (Å²) in [4.78, 5) is 18.9. The first kappa shape index (κ1) is 27.5. The van der Waals surface area contributed by atoms with Crippen LogP contribution in [0.3, 0.4) is 0 Å². The molecule has 1 saturated heterocycles. The van der Waals surface area contributed by atoms with Crippen LogP contribution in [-0.2, 0) is 7.05 Å². The fourth-order valence-electron chi connectivity index (χ4n) is 6.68. The first-order valence-corrected chi connectivity index (χ1v) is 15.3. The number of nitrogens with zero attached hydrogens (tertiary/aromatic N) is 7. The molecule has 3 aromatic heterocycles. The Hall–Kier alpha value is -3.37. The van der Waals surface area contributed by atoms with Crippen LogP contribution in [-0.4, -0.2) is 73.2 Å². The number of benzene rings is 2. The number of piperazine rings is 1. The molecule has 0 radical (unpaired) electrons. The van der Waals surface area contributed by atoms with Crippen LogP contribution >= 0.6 is 23.2 Å². The molecule has 11 heteroatoms. The van der Waals surface area contributed by atoms with E-state index in [4.69, 9.17) is 38.9 Å². The number of aromatic nitrogens is 5. The molecule has 3 N–H and O–H groups in total. The van der Waals surface area contributed by atoms with Gasteiger partial charge in [-0.15, -0.1) is 0 Å². The number of hydrogen-bond donors (Lipinski definition) is 2. The van der Waals surface area contributed by atoms with E-state index in [-0.39, 0.29) is 0 Å². The maximum Gasteiger partial charge on any atom is 0.208 e. The van der Waals surface area contributed by atoms with E-state index < -0.39 is 0 Å². The van der Waals surface area contributed by atoms with E-state index in [1.165, 1.54) is 25.9 Å². The predicted octanol–water partition coefficient (Wildman–Crippen LogP) is 6.35. The molecule has 1 saturated carbocycles. The summed E-state index contributed by atoms with van der Waals surface area (Å²) < 4.78 is 4.30. The molecular formula is C31H35Cl2N9. The number of rotatable bonds is 5. The van der Waals surface area contributed by atoms with E-state index in [9.17, 15) is 0 Å². The fraction of sp³-hybridized carbons (Fsp3) is 0.387. The molecule has 218 valence electrons. The number of aryl methyl sites for hydroxylation is 1. The van der Waals surface area contributed by atoms with Gasteiger partial charge in [0.1, 0.15) is 23.3 Å². The highest BCUT2D eigenvalue weighted by atomic mass is 35.5. The van der Waals surface area contributed by atoms with Crippen molar-refractivity contribution in [1.82, 2.24) is 33.9 Å². The van der Waals surface area contributed by atoms with Crippen LogP contribution in [0.2, 0.25) is 10.0 Å². The van der Waals surface area contributed by atoms with Crippen LogP contribution in [0.5, 0.6) is 0 Å². The molecular weight excluding hydrogens is 569 g/mol. The number of imidazole rings is 1. The van der Waals surface area contributed by atoms with E-state index in [1.807, 2.05) is 29.8 Å². The molecule has 1 aliphatic carbocycles. The fourth-order valence-corrected chi connectivity index (χ4v) is 7.21. The van der Waals surface area contributed by atoms with Crippen LogP contribution in [0.25, 0.3) is 33.2 Å². The van der Waals surface area contributed by atoms with Gasteiger partial charge < -0.3 is 25.1 Å². The molecule has 4 heterocycles. The second kappa shape index (κ2) is 11.0. The first-order chi connectivity index (χ1) is 20.4. The van der Waals surface area contributed by atoms with Gasteiger partial charge in [-0.1, -0.05) is 35.3 Å². The lowest BCUT2D eigenvalue weighted by molar-refractivity contribution is 0.0828. The third-order valence-electron chi connectivity index (χ3n) is 9.11. The van der Waals surface area contributed by atoms with Gasteiger partial charge in [-0.2, -0.15) is 0 Å².